The van der Waals surface area contributed by atoms with Gasteiger partial charge in [-0.3, -0.25) is 0 Å². The fourth-order valence-electron chi connectivity index (χ4n) is 0.328. The van der Waals surface area contributed by atoms with Gasteiger partial charge in [0, 0.05) is 0 Å². The molecule has 5 nitrogen and oxygen atoms in total. The van der Waals surface area contributed by atoms with E-state index in [1.54, 1.807) is 0 Å². The predicted molar refractivity (Wildman–Crippen MR) is 36.2 cm³/mol. The number of carbonyl (C=O) groups excluding carboxylic acids is 1. The molecule has 0 bridgehead atoms. The third-order valence-corrected chi connectivity index (χ3v) is 1.84. The van der Waals surface area contributed by atoms with Crippen LogP contribution in [-0.4, -0.2) is 26.6 Å². The van der Waals surface area contributed by atoms with Crippen molar-refractivity contribution >= 4 is 16.1 Å². The summed E-state index contributed by atoms with van der Waals surface area (Å²) < 4.78 is 59.8. The fraction of sp³-hybridized carbons (Fsp3) is 0.750. The topological polar surface area (TPSA) is 72.5 Å². The number of amides is 1. The van der Waals surface area contributed by atoms with Crippen LogP contribution in [0.2, 0.25) is 0 Å². The Morgan fingerprint density at radius 3 is 2.21 bits per heavy atom. The Morgan fingerprint density at radius 1 is 1.50 bits per heavy atom. The second kappa shape index (κ2) is 5.48. The molecule has 0 fully saturated rings. The van der Waals surface area contributed by atoms with Crippen LogP contribution >= 0.6 is 0 Å². The molecular weight excluding hydrogens is 222 g/mol. The monoisotopic (exact) mass is 229 g/mol. The Kier molecular flexibility index (Phi) is 6.28. The number of halogens is 3. The van der Waals surface area contributed by atoms with E-state index in [9.17, 15) is 26.4 Å². The molecule has 0 radical (unpaired) electrons. The largest absolute Gasteiger partial charge is 1.00 e. The van der Waals surface area contributed by atoms with Crippen LogP contribution in [0.15, 0.2) is 0 Å². The maximum atomic E-state index is 11.6. The first-order valence-electron chi connectivity index (χ1n) is 2.96. The fourth-order valence-corrected chi connectivity index (χ4v) is 0.722. The van der Waals surface area contributed by atoms with Crippen molar-refractivity contribution < 1.29 is 51.4 Å². The van der Waals surface area contributed by atoms with Crippen molar-refractivity contribution in [3.05, 3.63) is 0 Å². The Bertz CT molecular complexity index is 293. The summed E-state index contributed by atoms with van der Waals surface area (Å²) >= 11 is 0. The van der Waals surface area contributed by atoms with E-state index in [-0.39, 0.29) is 26.9 Å². The Morgan fingerprint density at radius 2 is 1.93 bits per heavy atom. The van der Waals surface area contributed by atoms with E-state index in [0.717, 1.165) is 0 Å². The second-order valence-electron chi connectivity index (χ2n) is 1.77. The van der Waals surface area contributed by atoms with Gasteiger partial charge >= 0.3 is 40.5 Å². The van der Waals surface area contributed by atoms with Gasteiger partial charge in [-0.15, -0.1) is 0 Å². The van der Waals surface area contributed by atoms with Gasteiger partial charge in [0.25, 0.3) is 0 Å². The van der Waals surface area contributed by atoms with E-state index in [1.807, 2.05) is 0 Å². The molecule has 14 heavy (non-hydrogen) atoms. The van der Waals surface area contributed by atoms with E-state index in [4.69, 9.17) is 0 Å². The van der Waals surface area contributed by atoms with Crippen LogP contribution in [0.1, 0.15) is 8.35 Å². The minimum absolute atomic E-state index is 0. The number of carbonyl (C=O) groups is 1. The molecule has 0 unspecified atom stereocenters. The van der Waals surface area contributed by atoms with Crippen LogP contribution < -0.4 is 23.6 Å². The Balaban J connectivity index is -0.000000720. The van der Waals surface area contributed by atoms with E-state index < -0.39 is 21.6 Å². The average molecular weight is 229 g/mol. The summed E-state index contributed by atoms with van der Waals surface area (Å²) in [5, 5.41) is 0. The SMILES string of the molecule is CCOC(=O)NS(=O)(=O)C(F)(F)F.[H-].[Li+]. The zero-order chi connectivity index (χ0) is 10.7. The third-order valence-electron chi connectivity index (χ3n) is 0.798. The van der Waals surface area contributed by atoms with Gasteiger partial charge < -0.3 is 6.16 Å². The summed E-state index contributed by atoms with van der Waals surface area (Å²) in [4.78, 5) is 10.3. The molecule has 0 aliphatic carbocycles. The van der Waals surface area contributed by atoms with Gasteiger partial charge in [0.1, 0.15) is 0 Å². The minimum Gasteiger partial charge on any atom is -1.00 e. The summed E-state index contributed by atoms with van der Waals surface area (Å²) in [6, 6.07) is 0. The first-order chi connectivity index (χ1) is 5.70. The number of hydrogen-bond acceptors (Lipinski definition) is 4. The molecule has 0 saturated heterocycles. The number of alkyl halides is 3. The summed E-state index contributed by atoms with van der Waals surface area (Å²) in [5.41, 5.74) is -5.51. The quantitative estimate of drug-likeness (QED) is 0.540. The third kappa shape index (κ3) is 4.74. The minimum atomic E-state index is -5.64. The van der Waals surface area contributed by atoms with Gasteiger partial charge in [0.15, 0.2) is 0 Å². The van der Waals surface area contributed by atoms with Gasteiger partial charge in [0.05, 0.1) is 6.61 Å². The first kappa shape index (κ1) is 16.1. The number of ether oxygens (including phenoxy) is 1. The second-order valence-corrected chi connectivity index (χ2v) is 3.45. The van der Waals surface area contributed by atoms with E-state index in [1.165, 1.54) is 6.92 Å². The van der Waals surface area contributed by atoms with Crippen LogP contribution in [0, 0.1) is 0 Å². The van der Waals surface area contributed by atoms with Crippen LogP contribution in [0.4, 0.5) is 18.0 Å². The summed E-state index contributed by atoms with van der Waals surface area (Å²) in [5.74, 6) is 0. The maximum absolute atomic E-state index is 11.6. The van der Waals surface area contributed by atoms with Gasteiger partial charge in [-0.1, -0.05) is 0 Å². The summed E-state index contributed by atoms with van der Waals surface area (Å²) in [7, 11) is -5.64. The molecule has 0 aromatic rings. The molecule has 0 aromatic heterocycles. The zero-order valence-electron chi connectivity index (χ0n) is 8.38. The molecule has 1 amide bonds. The van der Waals surface area contributed by atoms with Crippen molar-refractivity contribution in [3.63, 3.8) is 0 Å². The standard InChI is InChI=1S/C4H6F3NO4S.Li.H/c1-2-12-3(9)8-13(10,11)4(5,6)7;;/h2H2,1H3,(H,8,9);;/q;+1;-1. The Hall–Kier alpha value is -0.393. The van der Waals surface area contributed by atoms with Crippen LogP contribution in [0.25, 0.3) is 0 Å². The van der Waals surface area contributed by atoms with Gasteiger partial charge in [-0.2, -0.15) is 21.6 Å². The van der Waals surface area contributed by atoms with E-state index in [0.29, 0.717) is 4.72 Å². The molecular formula is C4H7F3LiNO4S. The molecule has 0 atom stereocenters. The van der Waals surface area contributed by atoms with Gasteiger partial charge in [-0.25, -0.2) is 9.52 Å². The molecule has 0 saturated carbocycles. The van der Waals surface area contributed by atoms with Crippen molar-refractivity contribution in [1.29, 1.82) is 0 Å². The number of sulfonamides is 1. The summed E-state index contributed by atoms with van der Waals surface area (Å²) in [6.07, 6.45) is -1.65. The van der Waals surface area contributed by atoms with Gasteiger partial charge in [-0.05, 0) is 6.92 Å². The smallest absolute Gasteiger partial charge is 1.00 e. The molecule has 80 valence electrons. The first-order valence-corrected chi connectivity index (χ1v) is 4.45. The average Bonchev–Trinajstić information content (AvgIpc) is 1.83. The van der Waals surface area contributed by atoms with Crippen molar-refractivity contribution in [3.8, 4) is 0 Å². The molecule has 0 aliphatic rings. The maximum Gasteiger partial charge on any atom is 1.00 e. The van der Waals surface area contributed by atoms with E-state index >= 15 is 0 Å². The molecule has 0 aromatic carbocycles. The molecule has 0 rings (SSSR count). The Labute approximate surface area is 91.7 Å². The van der Waals surface area contributed by atoms with E-state index in [2.05, 4.69) is 4.74 Å². The number of rotatable bonds is 2. The molecule has 0 heterocycles. The van der Waals surface area contributed by atoms with Crippen LogP contribution in [0.3, 0.4) is 0 Å². The van der Waals surface area contributed by atoms with Crippen LogP contribution in [0.5, 0.6) is 0 Å². The molecule has 0 spiro atoms. The predicted octanol–water partition coefficient (Wildman–Crippen LogP) is -2.30. The van der Waals surface area contributed by atoms with Crippen molar-refractivity contribution in [2.24, 2.45) is 0 Å². The molecule has 10 heteroatoms. The molecule has 1 N–H and O–H groups in total. The normalized spacial score (nSPS) is 11.4. The van der Waals surface area contributed by atoms with Crippen molar-refractivity contribution in [2.45, 2.75) is 12.4 Å². The number of hydrogen-bond donors (Lipinski definition) is 1. The summed E-state index contributed by atoms with van der Waals surface area (Å²) in [6.45, 7) is 1.10. The van der Waals surface area contributed by atoms with Crippen molar-refractivity contribution in [2.75, 3.05) is 6.61 Å². The van der Waals surface area contributed by atoms with Crippen LogP contribution in [-0.2, 0) is 14.8 Å². The molecule has 0 aliphatic heterocycles. The zero-order valence-corrected chi connectivity index (χ0v) is 8.20. The van der Waals surface area contributed by atoms with Crippen molar-refractivity contribution in [1.82, 2.24) is 4.72 Å². The number of nitrogens with one attached hydrogen (secondary N) is 1. The van der Waals surface area contributed by atoms with Gasteiger partial charge in [0.2, 0.25) is 0 Å².